The summed E-state index contributed by atoms with van der Waals surface area (Å²) in [7, 11) is 0. The van der Waals surface area contributed by atoms with E-state index >= 15 is 0 Å². The average molecular weight is 488 g/mol. The van der Waals surface area contributed by atoms with Gasteiger partial charge in [0.1, 0.15) is 6.04 Å². The van der Waals surface area contributed by atoms with Crippen LogP contribution in [0.1, 0.15) is 22.0 Å². The van der Waals surface area contributed by atoms with Crippen LogP contribution in [0.2, 0.25) is 0 Å². The lowest BCUT2D eigenvalue weighted by Crippen LogP contribution is -2.60. The molecule has 3 amide bonds. The molecule has 2 unspecified atom stereocenters. The Labute approximate surface area is 207 Å². The minimum Gasteiger partial charge on any atom is -0.378 e. The Morgan fingerprint density at radius 1 is 1.00 bits per heavy atom. The summed E-state index contributed by atoms with van der Waals surface area (Å²) < 4.78 is 0. The van der Waals surface area contributed by atoms with Crippen LogP contribution in [0.25, 0.3) is 11.1 Å². The van der Waals surface area contributed by atoms with Crippen LogP contribution in [0.15, 0.2) is 77.7 Å². The van der Waals surface area contributed by atoms with Gasteiger partial charge in [0.2, 0.25) is 5.91 Å². The van der Waals surface area contributed by atoms with Crippen LogP contribution in [-0.4, -0.2) is 64.6 Å². The number of piperazine rings is 1. The van der Waals surface area contributed by atoms with E-state index in [4.69, 9.17) is 0 Å². The summed E-state index contributed by atoms with van der Waals surface area (Å²) in [6.07, 6.45) is 0.703. The molecular formula is C27H25N3O4S. The Hall–Kier alpha value is -3.62. The Morgan fingerprint density at radius 3 is 2.43 bits per heavy atom. The molecule has 35 heavy (non-hydrogen) atoms. The van der Waals surface area contributed by atoms with Crippen LogP contribution in [0.5, 0.6) is 0 Å². The fourth-order valence-corrected chi connectivity index (χ4v) is 4.97. The van der Waals surface area contributed by atoms with E-state index in [2.05, 4.69) is 5.32 Å². The lowest BCUT2D eigenvalue weighted by atomic mass is 10.0. The number of benzene rings is 3. The van der Waals surface area contributed by atoms with Gasteiger partial charge in [-0.1, -0.05) is 48.5 Å². The van der Waals surface area contributed by atoms with Crippen molar-refractivity contribution in [3.05, 3.63) is 83.9 Å². The summed E-state index contributed by atoms with van der Waals surface area (Å²) in [5, 5.41) is 13.4. The molecular weight excluding hydrogens is 462 g/mol. The maximum Gasteiger partial charge on any atom is 0.256 e. The van der Waals surface area contributed by atoms with Crippen molar-refractivity contribution in [2.75, 3.05) is 31.2 Å². The zero-order chi connectivity index (χ0) is 24.5. The first-order valence-corrected chi connectivity index (χ1v) is 12.6. The summed E-state index contributed by atoms with van der Waals surface area (Å²) in [4.78, 5) is 43.7. The fraction of sp³-hybridized carbons (Fsp3) is 0.222. The first-order valence-electron chi connectivity index (χ1n) is 11.4. The number of thioether (sulfide) groups is 1. The van der Waals surface area contributed by atoms with E-state index in [9.17, 15) is 19.5 Å². The molecule has 0 spiro atoms. The molecule has 0 saturated carbocycles. The van der Waals surface area contributed by atoms with Gasteiger partial charge in [0.15, 0.2) is 6.10 Å². The van der Waals surface area contributed by atoms with Crippen LogP contribution in [-0.2, 0) is 9.59 Å². The van der Waals surface area contributed by atoms with Gasteiger partial charge >= 0.3 is 0 Å². The number of nitrogens with one attached hydrogen (secondary N) is 1. The van der Waals surface area contributed by atoms with Gasteiger partial charge in [0.25, 0.3) is 11.8 Å². The predicted molar refractivity (Wildman–Crippen MR) is 135 cm³/mol. The number of carbonyl (C=O) groups is 3. The molecule has 3 aromatic rings. The smallest absolute Gasteiger partial charge is 0.256 e. The van der Waals surface area contributed by atoms with Gasteiger partial charge in [0.05, 0.1) is 17.8 Å². The molecule has 2 atom stereocenters. The van der Waals surface area contributed by atoms with Crippen LogP contribution >= 0.6 is 11.8 Å². The predicted octanol–water partition coefficient (Wildman–Crippen LogP) is 3.41. The van der Waals surface area contributed by atoms with Gasteiger partial charge in [-0.15, -0.1) is 11.8 Å². The molecule has 7 nitrogen and oxygen atoms in total. The Morgan fingerprint density at radius 2 is 1.71 bits per heavy atom. The zero-order valence-corrected chi connectivity index (χ0v) is 20.0. The Bertz CT molecular complexity index is 1280. The van der Waals surface area contributed by atoms with Crippen molar-refractivity contribution < 1.29 is 19.5 Å². The number of carbonyl (C=O) groups excluding carboxylic acids is 3. The number of rotatable bonds is 4. The maximum absolute atomic E-state index is 13.5. The maximum atomic E-state index is 13.5. The number of nitrogens with zero attached hydrogens (tertiary/aromatic N) is 2. The normalized spacial score (nSPS) is 18.3. The van der Waals surface area contributed by atoms with Crippen LogP contribution < -0.4 is 5.32 Å². The molecule has 0 bridgehead atoms. The van der Waals surface area contributed by atoms with Crippen molar-refractivity contribution in [3.8, 4) is 11.1 Å². The highest BCUT2D eigenvalue weighted by atomic mass is 32.2. The van der Waals surface area contributed by atoms with E-state index < -0.39 is 18.1 Å². The highest BCUT2D eigenvalue weighted by Crippen LogP contribution is 2.31. The highest BCUT2D eigenvalue weighted by Gasteiger charge is 2.41. The van der Waals surface area contributed by atoms with Gasteiger partial charge in [-0.3, -0.25) is 14.4 Å². The second-order valence-electron chi connectivity index (χ2n) is 8.59. The number of aliphatic hydroxyl groups excluding tert-OH is 1. The van der Waals surface area contributed by atoms with Crippen LogP contribution in [0, 0.1) is 0 Å². The van der Waals surface area contributed by atoms with Gasteiger partial charge in [-0.05, 0) is 47.2 Å². The zero-order valence-electron chi connectivity index (χ0n) is 19.2. The van der Waals surface area contributed by atoms with Crippen molar-refractivity contribution >= 4 is 35.2 Å². The molecule has 1 fully saturated rings. The van der Waals surface area contributed by atoms with Gasteiger partial charge in [0, 0.05) is 18.0 Å². The summed E-state index contributed by atoms with van der Waals surface area (Å²) >= 11 is 1.66. The number of amides is 3. The number of aliphatic hydroxyl groups is 1. The summed E-state index contributed by atoms with van der Waals surface area (Å²) in [6, 6.07) is 21.4. The standard InChI is InChI=1S/C27H25N3O4S/c1-35-20-10-7-17(8-11-20)19-9-12-22-21(15-19)26(33)30-14-13-29(16-23(30)25(32)28-22)27(34)24(31)18-5-3-2-4-6-18/h2-12,15,23-24,31H,13-14,16H2,1H3,(H,28,32). The van der Waals surface area contributed by atoms with E-state index in [1.54, 1.807) is 42.1 Å². The van der Waals surface area contributed by atoms with Gasteiger partial charge in [-0.25, -0.2) is 0 Å². The van der Waals surface area contributed by atoms with Crippen molar-refractivity contribution in [1.82, 2.24) is 9.80 Å². The molecule has 2 aliphatic heterocycles. The summed E-state index contributed by atoms with van der Waals surface area (Å²) in [5.74, 6) is -1.07. The number of fused-ring (bicyclic) bond motifs is 2. The lowest BCUT2D eigenvalue weighted by Gasteiger charge is -2.40. The minimum absolute atomic E-state index is 0.0251. The quantitative estimate of drug-likeness (QED) is 0.551. The monoisotopic (exact) mass is 487 g/mol. The van der Waals surface area contributed by atoms with Crippen molar-refractivity contribution in [3.63, 3.8) is 0 Å². The number of anilines is 1. The van der Waals surface area contributed by atoms with E-state index in [1.807, 2.05) is 48.7 Å². The van der Waals surface area contributed by atoms with E-state index in [1.165, 1.54) is 9.80 Å². The third-order valence-electron chi connectivity index (χ3n) is 6.54. The molecule has 3 aromatic carbocycles. The molecule has 1 saturated heterocycles. The summed E-state index contributed by atoms with van der Waals surface area (Å²) in [6.45, 7) is 0.469. The highest BCUT2D eigenvalue weighted by molar-refractivity contribution is 7.98. The molecule has 5 rings (SSSR count). The third kappa shape index (κ3) is 4.42. The molecule has 2 heterocycles. The summed E-state index contributed by atoms with van der Waals surface area (Å²) in [5.41, 5.74) is 3.25. The molecule has 8 heteroatoms. The number of hydrogen-bond donors (Lipinski definition) is 2. The van der Waals surface area contributed by atoms with Gasteiger partial charge in [-0.2, -0.15) is 0 Å². The first-order chi connectivity index (χ1) is 17.0. The largest absolute Gasteiger partial charge is 0.378 e. The van der Waals surface area contributed by atoms with Crippen molar-refractivity contribution in [2.45, 2.75) is 17.0 Å². The van der Waals surface area contributed by atoms with Crippen molar-refractivity contribution in [1.29, 1.82) is 0 Å². The Kier molecular flexibility index (Phi) is 6.32. The van der Waals surface area contributed by atoms with E-state index in [0.29, 0.717) is 16.8 Å². The van der Waals surface area contributed by atoms with Crippen molar-refractivity contribution in [2.24, 2.45) is 0 Å². The molecule has 0 aromatic heterocycles. The molecule has 0 radical (unpaired) electrons. The van der Waals surface area contributed by atoms with Crippen LogP contribution in [0.3, 0.4) is 0 Å². The first kappa shape index (κ1) is 23.1. The second kappa shape index (κ2) is 9.56. The fourth-order valence-electron chi connectivity index (χ4n) is 4.57. The second-order valence-corrected chi connectivity index (χ2v) is 9.47. The third-order valence-corrected chi connectivity index (χ3v) is 7.28. The average Bonchev–Trinajstić information content (AvgIpc) is 3.01. The van der Waals surface area contributed by atoms with E-state index in [-0.39, 0.29) is 31.4 Å². The lowest BCUT2D eigenvalue weighted by molar-refractivity contribution is -0.144. The molecule has 2 aliphatic rings. The minimum atomic E-state index is -1.32. The molecule has 2 N–H and O–H groups in total. The molecule has 178 valence electrons. The topological polar surface area (TPSA) is 90.0 Å². The van der Waals surface area contributed by atoms with Gasteiger partial charge < -0.3 is 20.2 Å². The number of hydrogen-bond acceptors (Lipinski definition) is 5. The Balaban J connectivity index is 1.38. The van der Waals surface area contributed by atoms with Crippen LogP contribution in [0.4, 0.5) is 5.69 Å². The SMILES string of the molecule is CSc1ccc(-c2ccc3c(c2)C(=O)N2CCN(C(=O)C(O)c4ccccc4)CC2C(=O)N3)cc1. The van der Waals surface area contributed by atoms with E-state index in [0.717, 1.165) is 16.0 Å². The molecule has 0 aliphatic carbocycles.